The fourth-order valence-electron chi connectivity index (χ4n) is 13.8. The van der Waals surface area contributed by atoms with Gasteiger partial charge >= 0.3 is 5.97 Å². The Morgan fingerprint density at radius 2 is 1.86 bits per heavy atom. The molecule has 3 aliphatic heterocycles. The monoisotopic (exact) mass is 696 g/mol. The molecule has 9 rings (SSSR count). The molecule has 278 valence electrons. The first-order valence-corrected chi connectivity index (χ1v) is 20.7. The molecule has 1 N–H and O–H groups in total. The lowest BCUT2D eigenvalue weighted by Gasteiger charge is -2.61. The number of nitrogens with zero attached hydrogens (tertiary/aromatic N) is 2. The molecule has 14 atom stereocenters. The van der Waals surface area contributed by atoms with Crippen LogP contribution in [0.3, 0.4) is 0 Å². The maximum Gasteiger partial charge on any atom is 0.302 e. The van der Waals surface area contributed by atoms with Crippen molar-refractivity contribution in [3.8, 4) is 5.75 Å². The molecule has 1 aromatic carbocycles. The average molecular weight is 697 g/mol. The Bertz CT molecular complexity index is 1620. The van der Waals surface area contributed by atoms with Crippen molar-refractivity contribution in [2.45, 2.75) is 129 Å². The molecular formula is C45H64N2O4. The number of fused-ring (bicyclic) bond motifs is 9. The zero-order valence-corrected chi connectivity index (χ0v) is 32.1. The first kappa shape index (κ1) is 35.6. The van der Waals surface area contributed by atoms with Crippen LogP contribution < -0.4 is 4.74 Å². The van der Waals surface area contributed by atoms with Crippen molar-refractivity contribution in [1.82, 2.24) is 9.88 Å². The van der Waals surface area contributed by atoms with Crippen LogP contribution in [0.25, 0.3) is 10.9 Å². The molecule has 7 fully saturated rings. The van der Waals surface area contributed by atoms with E-state index in [0.29, 0.717) is 34.5 Å². The summed E-state index contributed by atoms with van der Waals surface area (Å²) in [5, 5.41) is 13.1. The average Bonchev–Trinajstić information content (AvgIpc) is 3.50. The Balaban J connectivity index is 0.972. The van der Waals surface area contributed by atoms with Crippen LogP contribution in [-0.4, -0.2) is 53.3 Å². The van der Waals surface area contributed by atoms with E-state index < -0.39 is 6.10 Å². The smallest absolute Gasteiger partial charge is 0.302 e. The van der Waals surface area contributed by atoms with Crippen molar-refractivity contribution in [2.24, 2.45) is 58.2 Å². The van der Waals surface area contributed by atoms with Crippen molar-refractivity contribution in [1.29, 1.82) is 0 Å². The fourth-order valence-corrected chi connectivity index (χ4v) is 13.8. The summed E-state index contributed by atoms with van der Waals surface area (Å²) in [7, 11) is 1.71. The summed E-state index contributed by atoms with van der Waals surface area (Å²) < 4.78 is 11.4. The van der Waals surface area contributed by atoms with Gasteiger partial charge in [-0.2, -0.15) is 0 Å². The van der Waals surface area contributed by atoms with Gasteiger partial charge in [-0.15, -0.1) is 6.58 Å². The van der Waals surface area contributed by atoms with Crippen molar-refractivity contribution < 1.29 is 19.4 Å². The van der Waals surface area contributed by atoms with Gasteiger partial charge in [0.2, 0.25) is 0 Å². The number of rotatable bonds is 9. The lowest BCUT2D eigenvalue weighted by molar-refractivity contribution is -0.160. The standard InChI is InChI=1S/C45H64N2O4/c1-7-29-26-47-21-18-30(29)22-42(47)43(49)37-24-32(46-41-15-11-33(50-6)25-36(37)41)10-8-27(2)38-13-14-39-35-12-9-31-23-34(51-28(3)48)16-19-44(31,4)40(35)17-20-45(38,39)5/h7,11,15,24-25,27,29-31,34-35,38-40,42-43,49H,1,8-10,12-14,16-23,26H2,2-6H3/t27-,29+,30+,31-,34-,35+,38-,39+,40+,42+,43-,44+,45-/m1/s1. The van der Waals surface area contributed by atoms with Gasteiger partial charge in [0.05, 0.1) is 18.7 Å². The Morgan fingerprint density at radius 3 is 2.61 bits per heavy atom. The Morgan fingerprint density at radius 1 is 1.06 bits per heavy atom. The van der Waals surface area contributed by atoms with Gasteiger partial charge < -0.3 is 14.6 Å². The topological polar surface area (TPSA) is 71.9 Å². The molecule has 2 aromatic rings. The molecule has 0 amide bonds. The van der Waals surface area contributed by atoms with Gasteiger partial charge in [-0.25, -0.2) is 0 Å². The third-order valence-electron chi connectivity index (χ3n) is 16.5. The van der Waals surface area contributed by atoms with Crippen LogP contribution in [0.4, 0.5) is 0 Å². The number of pyridine rings is 1. The highest BCUT2D eigenvalue weighted by atomic mass is 16.5. The van der Waals surface area contributed by atoms with Crippen molar-refractivity contribution in [3.63, 3.8) is 0 Å². The van der Waals surface area contributed by atoms with Crippen LogP contribution in [-0.2, 0) is 16.0 Å². The zero-order valence-electron chi connectivity index (χ0n) is 32.1. The van der Waals surface area contributed by atoms with E-state index in [1.807, 2.05) is 6.07 Å². The number of esters is 1. The first-order chi connectivity index (χ1) is 24.5. The van der Waals surface area contributed by atoms with Crippen LogP contribution in [0, 0.1) is 58.2 Å². The minimum absolute atomic E-state index is 0.113. The molecule has 1 unspecified atom stereocenters. The van der Waals surface area contributed by atoms with Crippen molar-refractivity contribution >= 4 is 16.9 Å². The zero-order chi connectivity index (χ0) is 35.7. The highest BCUT2D eigenvalue weighted by molar-refractivity contribution is 5.84. The number of ether oxygens (including phenoxy) is 2. The Hall–Kier alpha value is -2.44. The number of piperidine rings is 3. The van der Waals surface area contributed by atoms with E-state index in [0.717, 1.165) is 96.8 Å². The van der Waals surface area contributed by atoms with Gasteiger partial charge in [-0.1, -0.05) is 26.8 Å². The summed E-state index contributed by atoms with van der Waals surface area (Å²) in [4.78, 5) is 19.4. The highest BCUT2D eigenvalue weighted by Crippen LogP contribution is 2.68. The number of aryl methyl sites for hydroxylation is 1. The minimum Gasteiger partial charge on any atom is -0.497 e. The van der Waals surface area contributed by atoms with E-state index in [2.05, 4.69) is 56.5 Å². The number of aliphatic hydroxyl groups excluding tert-OH is 1. The number of methoxy groups -OCH3 is 1. The fraction of sp³-hybridized carbons (Fsp3) is 0.733. The van der Waals surface area contributed by atoms with E-state index in [4.69, 9.17) is 14.5 Å². The number of carbonyl (C=O) groups is 1. The maximum atomic E-state index is 12.1. The minimum atomic E-state index is -0.550. The van der Waals surface area contributed by atoms with Crippen LogP contribution in [0.15, 0.2) is 36.9 Å². The molecule has 0 radical (unpaired) electrons. The molecule has 4 heterocycles. The van der Waals surface area contributed by atoms with Gasteiger partial charge in [0.15, 0.2) is 0 Å². The quantitative estimate of drug-likeness (QED) is 0.208. The first-order valence-electron chi connectivity index (χ1n) is 20.7. The SMILES string of the molecule is C=C[C@H]1CN2CC[C@H]1C[C@H]2[C@H](O)c1cc(CC[C@@H](C)[C@H]2CC[C@H]3[C@@H]4CC[C@@H]5C[C@H](OC(C)=O)CC[C@]5(C)[C@H]4CC[C@]23C)nc2ccc(OC)cc12. The number of aromatic nitrogens is 1. The molecule has 4 aliphatic carbocycles. The van der Waals surface area contributed by atoms with E-state index in [1.165, 1.54) is 51.4 Å². The van der Waals surface area contributed by atoms with Crippen LogP contribution in [0.2, 0.25) is 0 Å². The third-order valence-corrected chi connectivity index (χ3v) is 16.5. The molecule has 6 heteroatoms. The molecule has 0 spiro atoms. The lowest BCUT2D eigenvalue weighted by atomic mass is 9.44. The summed E-state index contributed by atoms with van der Waals surface area (Å²) in [6.45, 7) is 15.6. The third kappa shape index (κ3) is 6.16. The van der Waals surface area contributed by atoms with E-state index in [9.17, 15) is 9.90 Å². The van der Waals surface area contributed by atoms with Crippen molar-refractivity contribution in [2.75, 3.05) is 20.2 Å². The van der Waals surface area contributed by atoms with Gasteiger partial charge in [0.25, 0.3) is 0 Å². The Labute approximate surface area is 307 Å². The summed E-state index contributed by atoms with van der Waals surface area (Å²) >= 11 is 0. The molecule has 51 heavy (non-hydrogen) atoms. The van der Waals surface area contributed by atoms with Crippen LogP contribution in [0.1, 0.15) is 122 Å². The summed E-state index contributed by atoms with van der Waals surface area (Å²) in [6.07, 6.45) is 17.5. The van der Waals surface area contributed by atoms with E-state index >= 15 is 0 Å². The molecule has 7 aliphatic rings. The summed E-state index contributed by atoms with van der Waals surface area (Å²) in [5.74, 6) is 6.46. The molecule has 3 saturated heterocycles. The summed E-state index contributed by atoms with van der Waals surface area (Å²) in [6, 6.07) is 8.54. The van der Waals surface area contributed by atoms with Crippen LogP contribution >= 0.6 is 0 Å². The van der Waals surface area contributed by atoms with Gasteiger partial charge in [0, 0.05) is 30.6 Å². The molecule has 6 nitrogen and oxygen atoms in total. The number of hydrogen-bond acceptors (Lipinski definition) is 6. The molecule has 2 bridgehead atoms. The largest absolute Gasteiger partial charge is 0.497 e. The predicted octanol–water partition coefficient (Wildman–Crippen LogP) is 9.33. The number of hydrogen-bond donors (Lipinski definition) is 1. The van der Waals surface area contributed by atoms with Crippen molar-refractivity contribution in [3.05, 3.63) is 48.2 Å². The van der Waals surface area contributed by atoms with Gasteiger partial charge in [0.1, 0.15) is 11.9 Å². The predicted molar refractivity (Wildman–Crippen MR) is 203 cm³/mol. The Kier molecular flexibility index (Phi) is 9.60. The molecule has 1 aromatic heterocycles. The number of carbonyl (C=O) groups excluding carboxylic acids is 1. The molecular weight excluding hydrogens is 633 g/mol. The van der Waals surface area contributed by atoms with E-state index in [1.54, 1.807) is 14.0 Å². The number of benzene rings is 1. The second-order valence-electron chi connectivity index (χ2n) is 18.7. The summed E-state index contributed by atoms with van der Waals surface area (Å²) in [5.41, 5.74) is 3.93. The van der Waals surface area contributed by atoms with Crippen LogP contribution in [0.5, 0.6) is 5.75 Å². The lowest BCUT2D eigenvalue weighted by Crippen LogP contribution is -2.54. The maximum absolute atomic E-state index is 12.1. The number of aliphatic hydroxyl groups is 1. The molecule has 4 saturated carbocycles. The van der Waals surface area contributed by atoms with Gasteiger partial charge in [-0.05, 0) is 178 Å². The highest BCUT2D eigenvalue weighted by Gasteiger charge is 2.60. The van der Waals surface area contributed by atoms with Gasteiger partial charge in [-0.3, -0.25) is 14.7 Å². The second-order valence-corrected chi connectivity index (χ2v) is 18.7. The van der Waals surface area contributed by atoms with E-state index in [-0.39, 0.29) is 18.1 Å². The second kappa shape index (κ2) is 13.8. The normalized spacial score (nSPS) is 41.2.